The van der Waals surface area contributed by atoms with Crippen LogP contribution in [0.15, 0.2) is 41.3 Å². The number of anilines is 1. The van der Waals surface area contributed by atoms with E-state index in [2.05, 4.69) is 5.32 Å². The first-order chi connectivity index (χ1) is 12.2. The topological polar surface area (TPSA) is 66.5 Å². The highest BCUT2D eigenvalue weighted by Gasteiger charge is 2.23. The molecule has 0 saturated heterocycles. The number of rotatable bonds is 6. The first-order valence-electron chi connectivity index (χ1n) is 8.07. The van der Waals surface area contributed by atoms with Crippen LogP contribution in [-0.4, -0.2) is 31.7 Å². The van der Waals surface area contributed by atoms with Crippen LogP contribution in [0.5, 0.6) is 0 Å². The predicted molar refractivity (Wildman–Crippen MR) is 101 cm³/mol. The monoisotopic (exact) mass is 398 g/mol. The quantitative estimate of drug-likeness (QED) is 0.797. The third-order valence-electron chi connectivity index (χ3n) is 3.97. The zero-order chi connectivity index (χ0) is 19.5. The summed E-state index contributed by atoms with van der Waals surface area (Å²) in [5.41, 5.74) is 1.16. The number of carbonyl (C=O) groups excluding carboxylic acids is 1. The summed E-state index contributed by atoms with van der Waals surface area (Å²) in [6, 6.07) is 8.23. The van der Waals surface area contributed by atoms with Gasteiger partial charge in [-0.3, -0.25) is 4.79 Å². The lowest BCUT2D eigenvalue weighted by atomic mass is 10.1. The van der Waals surface area contributed by atoms with Crippen LogP contribution in [0.2, 0.25) is 5.02 Å². The second-order valence-electron chi connectivity index (χ2n) is 5.65. The van der Waals surface area contributed by atoms with E-state index in [0.29, 0.717) is 24.3 Å². The van der Waals surface area contributed by atoms with E-state index in [1.807, 2.05) is 0 Å². The lowest BCUT2D eigenvalue weighted by molar-refractivity contribution is 0.102. The number of benzene rings is 2. The minimum absolute atomic E-state index is 0.0501. The molecule has 0 bridgehead atoms. The van der Waals surface area contributed by atoms with E-state index in [0.717, 1.165) is 6.07 Å². The van der Waals surface area contributed by atoms with Crippen LogP contribution < -0.4 is 5.32 Å². The van der Waals surface area contributed by atoms with Gasteiger partial charge in [0.2, 0.25) is 10.0 Å². The van der Waals surface area contributed by atoms with Crippen LogP contribution in [0.1, 0.15) is 29.8 Å². The Hall–Kier alpha value is -1.96. The zero-order valence-electron chi connectivity index (χ0n) is 14.7. The van der Waals surface area contributed by atoms with Gasteiger partial charge < -0.3 is 5.32 Å². The predicted octanol–water partition coefficient (Wildman–Crippen LogP) is 4.07. The van der Waals surface area contributed by atoms with Crippen molar-refractivity contribution in [3.8, 4) is 0 Å². The highest BCUT2D eigenvalue weighted by molar-refractivity contribution is 7.89. The van der Waals surface area contributed by atoms with Gasteiger partial charge in [0.05, 0.1) is 9.92 Å². The van der Waals surface area contributed by atoms with Crippen molar-refractivity contribution in [2.24, 2.45) is 0 Å². The molecule has 1 N–H and O–H groups in total. The summed E-state index contributed by atoms with van der Waals surface area (Å²) >= 11 is 5.72. The van der Waals surface area contributed by atoms with E-state index in [-0.39, 0.29) is 15.5 Å². The van der Waals surface area contributed by atoms with Crippen molar-refractivity contribution in [1.82, 2.24) is 4.31 Å². The molecule has 2 aromatic rings. The fraction of sp³-hybridized carbons (Fsp3) is 0.278. The van der Waals surface area contributed by atoms with Gasteiger partial charge in [0.1, 0.15) is 5.82 Å². The summed E-state index contributed by atoms with van der Waals surface area (Å²) in [7, 11) is -3.68. The molecule has 0 fully saturated rings. The number of halogens is 2. The summed E-state index contributed by atoms with van der Waals surface area (Å²) in [4.78, 5) is 12.6. The SMILES string of the molecule is CCN(CC)S(=O)(=O)c1ccc(C)c(C(=O)Nc2ccc(F)c(Cl)c2)c1. The molecule has 0 heterocycles. The van der Waals surface area contributed by atoms with Gasteiger partial charge in [0, 0.05) is 24.3 Å². The second kappa shape index (κ2) is 8.16. The van der Waals surface area contributed by atoms with Crippen LogP contribution in [0, 0.1) is 12.7 Å². The highest BCUT2D eigenvalue weighted by Crippen LogP contribution is 2.23. The molecule has 0 atom stereocenters. The number of amides is 1. The number of nitrogens with one attached hydrogen (secondary N) is 1. The Morgan fingerprint density at radius 3 is 2.38 bits per heavy atom. The van der Waals surface area contributed by atoms with Gasteiger partial charge in [-0.1, -0.05) is 31.5 Å². The Morgan fingerprint density at radius 1 is 1.15 bits per heavy atom. The standard InChI is InChI=1S/C18H20ClFN2O3S/c1-4-22(5-2)26(24,25)14-8-6-12(3)15(11-14)18(23)21-13-7-9-17(20)16(19)10-13/h6-11H,4-5H2,1-3H3,(H,21,23). The van der Waals surface area contributed by atoms with Gasteiger partial charge in [0.25, 0.3) is 5.91 Å². The molecule has 0 aromatic heterocycles. The fourth-order valence-electron chi connectivity index (χ4n) is 2.49. The Kier molecular flexibility index (Phi) is 6.39. The first kappa shape index (κ1) is 20.4. The maximum atomic E-state index is 13.2. The molecule has 0 aliphatic carbocycles. The molecule has 5 nitrogen and oxygen atoms in total. The van der Waals surface area contributed by atoms with E-state index in [9.17, 15) is 17.6 Å². The smallest absolute Gasteiger partial charge is 0.255 e. The summed E-state index contributed by atoms with van der Waals surface area (Å²) < 4.78 is 39.9. The summed E-state index contributed by atoms with van der Waals surface area (Å²) in [6.45, 7) is 5.88. The van der Waals surface area contributed by atoms with Gasteiger partial charge in [-0.15, -0.1) is 0 Å². The van der Waals surface area contributed by atoms with Gasteiger partial charge in [-0.25, -0.2) is 12.8 Å². The lowest BCUT2D eigenvalue weighted by Crippen LogP contribution is -2.30. The Bertz CT molecular complexity index is 928. The van der Waals surface area contributed by atoms with E-state index in [4.69, 9.17) is 11.6 Å². The molecule has 2 rings (SSSR count). The molecule has 26 heavy (non-hydrogen) atoms. The van der Waals surface area contributed by atoms with Crippen LogP contribution in [0.25, 0.3) is 0 Å². The minimum Gasteiger partial charge on any atom is -0.322 e. The molecule has 2 aromatic carbocycles. The summed E-state index contributed by atoms with van der Waals surface area (Å²) in [5.74, 6) is -1.09. The van der Waals surface area contributed by atoms with Crippen molar-refractivity contribution in [2.75, 3.05) is 18.4 Å². The van der Waals surface area contributed by atoms with E-state index in [1.54, 1.807) is 26.8 Å². The fourth-order valence-corrected chi connectivity index (χ4v) is 4.16. The molecule has 0 aliphatic heterocycles. The van der Waals surface area contributed by atoms with E-state index < -0.39 is 21.7 Å². The van der Waals surface area contributed by atoms with Crippen molar-refractivity contribution in [3.63, 3.8) is 0 Å². The largest absolute Gasteiger partial charge is 0.322 e. The Balaban J connectivity index is 2.37. The summed E-state index contributed by atoms with van der Waals surface area (Å²) in [6.07, 6.45) is 0. The van der Waals surface area contributed by atoms with Crippen LogP contribution in [-0.2, 0) is 10.0 Å². The van der Waals surface area contributed by atoms with Gasteiger partial charge in [0.15, 0.2) is 0 Å². The number of nitrogens with zero attached hydrogens (tertiary/aromatic N) is 1. The molecule has 0 unspecified atom stereocenters. The Morgan fingerprint density at radius 2 is 1.81 bits per heavy atom. The molecular weight excluding hydrogens is 379 g/mol. The highest BCUT2D eigenvalue weighted by atomic mass is 35.5. The van der Waals surface area contributed by atoms with E-state index >= 15 is 0 Å². The molecule has 0 spiro atoms. The number of sulfonamides is 1. The van der Waals surface area contributed by atoms with Crippen molar-refractivity contribution < 1.29 is 17.6 Å². The third kappa shape index (κ3) is 4.23. The van der Waals surface area contributed by atoms with Gasteiger partial charge >= 0.3 is 0 Å². The zero-order valence-corrected chi connectivity index (χ0v) is 16.3. The average molecular weight is 399 g/mol. The normalized spacial score (nSPS) is 11.6. The first-order valence-corrected chi connectivity index (χ1v) is 9.89. The van der Waals surface area contributed by atoms with Gasteiger partial charge in [-0.2, -0.15) is 4.31 Å². The molecule has 0 aliphatic rings. The molecule has 1 amide bonds. The van der Waals surface area contributed by atoms with Crippen molar-refractivity contribution in [2.45, 2.75) is 25.7 Å². The maximum absolute atomic E-state index is 13.2. The van der Waals surface area contributed by atoms with Crippen molar-refractivity contribution in [3.05, 3.63) is 58.4 Å². The second-order valence-corrected chi connectivity index (χ2v) is 7.99. The van der Waals surface area contributed by atoms with Crippen LogP contribution in [0.3, 0.4) is 0 Å². The maximum Gasteiger partial charge on any atom is 0.255 e. The number of hydrogen-bond donors (Lipinski definition) is 1. The molecule has 0 radical (unpaired) electrons. The van der Waals surface area contributed by atoms with Crippen LogP contribution >= 0.6 is 11.6 Å². The number of aryl methyl sites for hydroxylation is 1. The summed E-state index contributed by atoms with van der Waals surface area (Å²) in [5, 5.41) is 2.49. The minimum atomic E-state index is -3.68. The van der Waals surface area contributed by atoms with Gasteiger partial charge in [-0.05, 0) is 42.8 Å². The molecule has 140 valence electrons. The molecular formula is C18H20ClFN2O3S. The third-order valence-corrected chi connectivity index (χ3v) is 6.31. The number of carbonyl (C=O) groups is 1. The average Bonchev–Trinajstić information content (AvgIpc) is 2.59. The number of hydrogen-bond acceptors (Lipinski definition) is 3. The van der Waals surface area contributed by atoms with Crippen LogP contribution in [0.4, 0.5) is 10.1 Å². The Labute approximate surface area is 157 Å². The van der Waals surface area contributed by atoms with Crippen molar-refractivity contribution in [1.29, 1.82) is 0 Å². The lowest BCUT2D eigenvalue weighted by Gasteiger charge is -2.19. The molecule has 8 heteroatoms. The molecule has 0 saturated carbocycles. The van der Waals surface area contributed by atoms with Crippen molar-refractivity contribution >= 4 is 33.2 Å². The van der Waals surface area contributed by atoms with E-state index in [1.165, 1.54) is 28.6 Å².